The molecule has 0 aliphatic carbocycles. The molecular formula is C22H24N6O3. The van der Waals surface area contributed by atoms with Crippen LogP contribution in [0.15, 0.2) is 42.5 Å². The molecule has 0 spiro atoms. The zero-order valence-corrected chi connectivity index (χ0v) is 17.3. The topological polar surface area (TPSA) is 92.9 Å². The summed E-state index contributed by atoms with van der Waals surface area (Å²) in [5.41, 5.74) is 1.53. The zero-order chi connectivity index (χ0) is 21.4. The number of amides is 2. The van der Waals surface area contributed by atoms with E-state index in [9.17, 15) is 9.59 Å². The van der Waals surface area contributed by atoms with Crippen LogP contribution < -0.4 is 9.64 Å². The molecule has 0 N–H and O–H groups in total. The lowest BCUT2D eigenvalue weighted by Gasteiger charge is -2.32. The number of piperidine rings is 1. The second kappa shape index (κ2) is 7.98. The van der Waals surface area contributed by atoms with E-state index >= 15 is 0 Å². The van der Waals surface area contributed by atoms with Crippen molar-refractivity contribution in [1.29, 1.82) is 0 Å². The largest absolute Gasteiger partial charge is 0.480 e. The molecule has 2 aliphatic rings. The van der Waals surface area contributed by atoms with E-state index in [-0.39, 0.29) is 30.1 Å². The van der Waals surface area contributed by atoms with E-state index in [4.69, 9.17) is 4.74 Å². The van der Waals surface area contributed by atoms with Gasteiger partial charge in [0.1, 0.15) is 0 Å². The molecule has 0 saturated carbocycles. The maximum absolute atomic E-state index is 13.1. The summed E-state index contributed by atoms with van der Waals surface area (Å²) < 4.78 is 6.95. The molecule has 1 atom stereocenters. The van der Waals surface area contributed by atoms with Crippen LogP contribution in [0.25, 0.3) is 5.65 Å². The van der Waals surface area contributed by atoms with Gasteiger partial charge in [-0.25, -0.2) is 0 Å². The highest BCUT2D eigenvalue weighted by Gasteiger charge is 2.38. The number of para-hydroxylation sites is 1. The van der Waals surface area contributed by atoms with Crippen LogP contribution >= 0.6 is 0 Å². The van der Waals surface area contributed by atoms with Crippen LogP contribution in [-0.4, -0.2) is 63.3 Å². The Morgan fingerprint density at radius 3 is 2.58 bits per heavy atom. The Labute approximate surface area is 179 Å². The molecule has 1 aromatic carbocycles. The van der Waals surface area contributed by atoms with E-state index in [0.717, 1.165) is 24.4 Å². The molecule has 160 valence electrons. The van der Waals surface area contributed by atoms with Gasteiger partial charge >= 0.3 is 0 Å². The van der Waals surface area contributed by atoms with Crippen LogP contribution in [0.1, 0.15) is 31.0 Å². The summed E-state index contributed by atoms with van der Waals surface area (Å²) in [6.45, 7) is 1.72. The van der Waals surface area contributed by atoms with Crippen molar-refractivity contribution in [3.63, 3.8) is 0 Å². The van der Waals surface area contributed by atoms with E-state index < -0.39 is 0 Å². The molecule has 5 rings (SSSR count). The SMILES string of the molecule is COc1ccc2nnc(C3CCN(C(=O)C4CC(=O)N(c5ccccc5)C4)CC3)n2n1. The highest BCUT2D eigenvalue weighted by molar-refractivity contribution is 6.00. The number of rotatable bonds is 4. The molecule has 2 aliphatic heterocycles. The summed E-state index contributed by atoms with van der Waals surface area (Å²) in [7, 11) is 1.58. The smallest absolute Gasteiger partial charge is 0.231 e. The average molecular weight is 420 g/mol. The normalized spacial score (nSPS) is 19.9. The molecule has 4 heterocycles. The van der Waals surface area contributed by atoms with Crippen molar-refractivity contribution in [3.05, 3.63) is 48.3 Å². The molecule has 0 radical (unpaired) electrons. The van der Waals surface area contributed by atoms with E-state index in [0.29, 0.717) is 31.2 Å². The van der Waals surface area contributed by atoms with Gasteiger partial charge in [0.15, 0.2) is 11.5 Å². The predicted molar refractivity (Wildman–Crippen MR) is 113 cm³/mol. The molecule has 2 saturated heterocycles. The summed E-state index contributed by atoms with van der Waals surface area (Å²) in [6, 6.07) is 13.1. The summed E-state index contributed by atoms with van der Waals surface area (Å²) >= 11 is 0. The third kappa shape index (κ3) is 3.60. The van der Waals surface area contributed by atoms with Crippen LogP contribution in [0.2, 0.25) is 0 Å². The van der Waals surface area contributed by atoms with Crippen LogP contribution in [0, 0.1) is 5.92 Å². The molecule has 3 aromatic rings. The monoisotopic (exact) mass is 420 g/mol. The minimum Gasteiger partial charge on any atom is -0.480 e. The lowest BCUT2D eigenvalue weighted by atomic mass is 9.94. The van der Waals surface area contributed by atoms with Crippen molar-refractivity contribution < 1.29 is 14.3 Å². The van der Waals surface area contributed by atoms with Gasteiger partial charge < -0.3 is 14.5 Å². The number of likely N-dealkylation sites (tertiary alicyclic amines) is 1. The molecule has 0 bridgehead atoms. The van der Waals surface area contributed by atoms with E-state index in [1.165, 1.54) is 0 Å². The maximum atomic E-state index is 13.1. The number of nitrogens with zero attached hydrogens (tertiary/aromatic N) is 6. The number of ether oxygens (including phenoxy) is 1. The second-order valence-corrected chi connectivity index (χ2v) is 8.04. The number of hydrogen-bond acceptors (Lipinski definition) is 6. The molecule has 2 amide bonds. The van der Waals surface area contributed by atoms with Gasteiger partial charge in [0, 0.05) is 43.7 Å². The van der Waals surface area contributed by atoms with Crippen LogP contribution in [-0.2, 0) is 9.59 Å². The molecular weight excluding hydrogens is 396 g/mol. The lowest BCUT2D eigenvalue weighted by Crippen LogP contribution is -2.42. The van der Waals surface area contributed by atoms with Gasteiger partial charge in [0.2, 0.25) is 17.7 Å². The van der Waals surface area contributed by atoms with Gasteiger partial charge in [-0.2, -0.15) is 4.52 Å². The molecule has 2 fully saturated rings. The Morgan fingerprint density at radius 1 is 1.06 bits per heavy atom. The molecule has 31 heavy (non-hydrogen) atoms. The lowest BCUT2D eigenvalue weighted by molar-refractivity contribution is -0.136. The fraction of sp³-hybridized carbons (Fsp3) is 0.409. The van der Waals surface area contributed by atoms with Gasteiger partial charge in [0.25, 0.3) is 0 Å². The Morgan fingerprint density at radius 2 is 1.84 bits per heavy atom. The fourth-order valence-corrected chi connectivity index (χ4v) is 4.50. The average Bonchev–Trinajstić information content (AvgIpc) is 3.42. The minimum atomic E-state index is -0.288. The second-order valence-electron chi connectivity index (χ2n) is 8.04. The zero-order valence-electron chi connectivity index (χ0n) is 17.3. The Hall–Kier alpha value is -3.49. The highest BCUT2D eigenvalue weighted by atomic mass is 16.5. The molecule has 2 aromatic heterocycles. The van der Waals surface area contributed by atoms with Gasteiger partial charge in [0.05, 0.1) is 13.0 Å². The number of aromatic nitrogens is 4. The van der Waals surface area contributed by atoms with Gasteiger partial charge in [-0.1, -0.05) is 18.2 Å². The predicted octanol–water partition coefficient (Wildman–Crippen LogP) is 1.89. The fourth-order valence-electron chi connectivity index (χ4n) is 4.50. The summed E-state index contributed by atoms with van der Waals surface area (Å²) in [6.07, 6.45) is 1.84. The number of carbonyl (C=O) groups excluding carboxylic acids is 2. The van der Waals surface area contributed by atoms with E-state index in [2.05, 4.69) is 15.3 Å². The van der Waals surface area contributed by atoms with Gasteiger partial charge in [-0.05, 0) is 31.0 Å². The van der Waals surface area contributed by atoms with Crippen molar-refractivity contribution in [1.82, 2.24) is 24.7 Å². The first-order chi connectivity index (χ1) is 15.1. The molecule has 9 heteroatoms. The number of fused-ring (bicyclic) bond motifs is 1. The van der Waals surface area contributed by atoms with Gasteiger partial charge in [-0.15, -0.1) is 15.3 Å². The Bertz CT molecular complexity index is 1110. The number of benzene rings is 1. The number of hydrogen-bond donors (Lipinski definition) is 0. The quantitative estimate of drug-likeness (QED) is 0.640. The van der Waals surface area contributed by atoms with Crippen molar-refractivity contribution in [3.8, 4) is 5.88 Å². The van der Waals surface area contributed by atoms with E-state index in [1.807, 2.05) is 41.3 Å². The Kier molecular flexibility index (Phi) is 5.01. The van der Waals surface area contributed by atoms with Crippen LogP contribution in [0.4, 0.5) is 5.69 Å². The number of carbonyl (C=O) groups is 2. The first kappa shape index (κ1) is 19.5. The van der Waals surface area contributed by atoms with Crippen molar-refractivity contribution in [2.24, 2.45) is 5.92 Å². The maximum Gasteiger partial charge on any atom is 0.231 e. The first-order valence-electron chi connectivity index (χ1n) is 10.5. The van der Waals surface area contributed by atoms with Crippen LogP contribution in [0.5, 0.6) is 5.88 Å². The molecule has 9 nitrogen and oxygen atoms in total. The first-order valence-corrected chi connectivity index (χ1v) is 10.5. The van der Waals surface area contributed by atoms with Crippen molar-refractivity contribution in [2.45, 2.75) is 25.2 Å². The number of anilines is 1. The van der Waals surface area contributed by atoms with Gasteiger partial charge in [-0.3, -0.25) is 9.59 Å². The van der Waals surface area contributed by atoms with Crippen molar-refractivity contribution >= 4 is 23.1 Å². The molecule has 1 unspecified atom stereocenters. The van der Waals surface area contributed by atoms with Crippen molar-refractivity contribution in [2.75, 3.05) is 31.6 Å². The standard InChI is InChI=1S/C22H24N6O3/c1-31-19-8-7-18-23-24-21(28(18)25-19)15-9-11-26(12-10-15)22(30)16-13-20(29)27(14-16)17-5-3-2-4-6-17/h2-8,15-16H,9-14H2,1H3. The third-order valence-electron chi connectivity index (χ3n) is 6.19. The van der Waals surface area contributed by atoms with Crippen LogP contribution in [0.3, 0.4) is 0 Å². The summed E-state index contributed by atoms with van der Waals surface area (Å²) in [4.78, 5) is 29.2. The summed E-state index contributed by atoms with van der Waals surface area (Å²) in [5, 5.41) is 13.0. The highest BCUT2D eigenvalue weighted by Crippen LogP contribution is 2.30. The third-order valence-corrected chi connectivity index (χ3v) is 6.19. The summed E-state index contributed by atoms with van der Waals surface area (Å²) in [5.74, 6) is 1.27. The number of methoxy groups -OCH3 is 1. The minimum absolute atomic E-state index is 0.00869. The Balaban J connectivity index is 1.24. The van der Waals surface area contributed by atoms with E-state index in [1.54, 1.807) is 22.6 Å².